The maximum atomic E-state index is 11.9. The average molecular weight is 499 g/mol. The summed E-state index contributed by atoms with van der Waals surface area (Å²) < 4.78 is 37.3. The number of benzene rings is 1. The van der Waals surface area contributed by atoms with Crippen molar-refractivity contribution in [1.29, 1.82) is 0 Å². The molecule has 0 atom stereocenters. The van der Waals surface area contributed by atoms with Crippen LogP contribution in [0.5, 0.6) is 0 Å². The molecular formula is C24H34O9S. The molecule has 9 nitrogen and oxygen atoms in total. The third kappa shape index (κ3) is 16.4. The number of ether oxygens (including phenoxy) is 3. The first-order valence-electron chi connectivity index (χ1n) is 10.1. The summed E-state index contributed by atoms with van der Waals surface area (Å²) in [5.74, 6) is -1.59. The smallest absolute Gasteiger partial charge is 0.333 e. The summed E-state index contributed by atoms with van der Waals surface area (Å²) in [6.07, 6.45) is 1.58. The highest BCUT2D eigenvalue weighted by Gasteiger charge is 2.15. The Labute approximate surface area is 201 Å². The van der Waals surface area contributed by atoms with Gasteiger partial charge in [0.15, 0.2) is 9.84 Å². The van der Waals surface area contributed by atoms with E-state index in [2.05, 4.69) is 29.2 Å². The van der Waals surface area contributed by atoms with E-state index in [0.29, 0.717) is 12.0 Å². The summed E-state index contributed by atoms with van der Waals surface area (Å²) in [5.41, 5.74) is 1.67. The zero-order chi connectivity index (χ0) is 26.7. The third-order valence-electron chi connectivity index (χ3n) is 3.56. The lowest BCUT2D eigenvalue weighted by atomic mass is 10.2. The molecule has 0 unspecified atom stereocenters. The second-order valence-electron chi connectivity index (χ2n) is 6.77. The Morgan fingerprint density at radius 1 is 0.971 bits per heavy atom. The molecule has 1 aromatic carbocycles. The Balaban J connectivity index is 0. The van der Waals surface area contributed by atoms with Crippen molar-refractivity contribution in [3.8, 4) is 0 Å². The molecule has 34 heavy (non-hydrogen) atoms. The van der Waals surface area contributed by atoms with Crippen LogP contribution in [0.3, 0.4) is 0 Å². The van der Waals surface area contributed by atoms with E-state index in [1.165, 1.54) is 14.0 Å². The topological polar surface area (TPSA) is 133 Å². The van der Waals surface area contributed by atoms with Crippen LogP contribution >= 0.6 is 0 Å². The predicted molar refractivity (Wildman–Crippen MR) is 129 cm³/mol. The van der Waals surface area contributed by atoms with Gasteiger partial charge in [0.1, 0.15) is 6.61 Å². The normalized spacial score (nSPS) is 9.68. The van der Waals surface area contributed by atoms with Crippen molar-refractivity contribution in [2.45, 2.75) is 32.1 Å². The summed E-state index contributed by atoms with van der Waals surface area (Å²) in [4.78, 5) is 31.8. The highest BCUT2D eigenvalue weighted by molar-refractivity contribution is 7.91. The van der Waals surface area contributed by atoms with E-state index in [1.54, 1.807) is 31.2 Å². The highest BCUT2D eigenvalue weighted by Crippen LogP contribution is 2.12. The minimum atomic E-state index is -3.41. The molecule has 190 valence electrons. The minimum Gasteiger partial charge on any atom is -0.466 e. The Bertz CT molecular complexity index is 930. The van der Waals surface area contributed by atoms with Gasteiger partial charge >= 0.3 is 17.9 Å². The average Bonchev–Trinajstić information content (AvgIpc) is 2.79. The Hall–Kier alpha value is -3.24. The number of aliphatic hydroxyl groups excluding tert-OH is 1. The highest BCUT2D eigenvalue weighted by atomic mass is 32.2. The summed E-state index contributed by atoms with van der Waals surface area (Å²) in [6.45, 7) is 15.1. The maximum absolute atomic E-state index is 11.9. The minimum absolute atomic E-state index is 0.0461. The lowest BCUT2D eigenvalue weighted by Gasteiger charge is -2.06. The molecule has 0 saturated carbocycles. The Morgan fingerprint density at radius 3 is 1.88 bits per heavy atom. The zero-order valence-corrected chi connectivity index (χ0v) is 21.0. The molecule has 0 fully saturated rings. The van der Waals surface area contributed by atoms with Gasteiger partial charge in [-0.2, -0.15) is 0 Å². The van der Waals surface area contributed by atoms with Crippen molar-refractivity contribution in [1.82, 2.24) is 0 Å². The van der Waals surface area contributed by atoms with E-state index in [-0.39, 0.29) is 42.0 Å². The fourth-order valence-corrected chi connectivity index (χ4v) is 2.79. The van der Waals surface area contributed by atoms with Gasteiger partial charge in [-0.1, -0.05) is 37.4 Å². The Kier molecular flexibility index (Phi) is 17.6. The van der Waals surface area contributed by atoms with Crippen molar-refractivity contribution in [3.63, 3.8) is 0 Å². The maximum Gasteiger partial charge on any atom is 0.333 e. The molecule has 0 aliphatic rings. The molecular weight excluding hydrogens is 464 g/mol. The molecule has 0 spiro atoms. The molecule has 0 heterocycles. The molecule has 1 N–H and O–H groups in total. The van der Waals surface area contributed by atoms with Crippen LogP contribution in [0.1, 0.15) is 25.8 Å². The van der Waals surface area contributed by atoms with Crippen molar-refractivity contribution in [2.24, 2.45) is 0 Å². The number of carbonyl (C=O) groups is 3. The van der Waals surface area contributed by atoms with Crippen LogP contribution < -0.4 is 0 Å². The van der Waals surface area contributed by atoms with Crippen molar-refractivity contribution < 1.29 is 42.1 Å². The number of hydrogen-bond donors (Lipinski definition) is 1. The summed E-state index contributed by atoms with van der Waals surface area (Å²) in [7, 11) is -2.07. The quantitative estimate of drug-likeness (QED) is 0.224. The molecule has 1 aromatic rings. The predicted octanol–water partition coefficient (Wildman–Crippen LogP) is 2.72. The molecule has 0 radical (unpaired) electrons. The van der Waals surface area contributed by atoms with Gasteiger partial charge in [-0.05, 0) is 32.9 Å². The van der Waals surface area contributed by atoms with Crippen LogP contribution in [0.4, 0.5) is 0 Å². The number of hydrogen-bond acceptors (Lipinski definition) is 9. The van der Waals surface area contributed by atoms with Gasteiger partial charge in [-0.15, -0.1) is 0 Å². The number of aryl methyl sites for hydroxylation is 1. The van der Waals surface area contributed by atoms with Crippen LogP contribution in [-0.2, 0) is 38.4 Å². The molecule has 0 amide bonds. The largest absolute Gasteiger partial charge is 0.466 e. The fourth-order valence-electron chi connectivity index (χ4n) is 1.70. The fraction of sp³-hybridized carbons (Fsp3) is 0.375. The van der Waals surface area contributed by atoms with Gasteiger partial charge in [0.05, 0.1) is 24.4 Å². The number of carbonyl (C=O) groups excluding carboxylic acids is 3. The van der Waals surface area contributed by atoms with Crippen molar-refractivity contribution in [2.75, 3.05) is 32.7 Å². The second-order valence-corrected chi connectivity index (χ2v) is 8.88. The molecule has 10 heteroatoms. The monoisotopic (exact) mass is 498 g/mol. The van der Waals surface area contributed by atoms with Crippen LogP contribution in [0.15, 0.2) is 66.1 Å². The summed E-state index contributed by atoms with van der Waals surface area (Å²) >= 11 is 0. The molecule has 0 bridgehead atoms. The SMILES string of the molecule is C=C(C)C(=O)OC.C=C(C)C(=O)OCCS(=O)(=O)c1ccc(C)cc1.C=CC(=O)OCCCO. The van der Waals surface area contributed by atoms with Crippen LogP contribution in [0, 0.1) is 6.92 Å². The molecule has 0 saturated heterocycles. The standard InChI is InChI=1S/C13H16O4S.C6H10O3.C5H8O2/c1-10(2)13(14)17-8-9-18(15,16)12-6-4-11(3)5-7-12;1-2-6(8)9-5-3-4-7;1-4(2)5(6)7-3/h4-7H,1,8-9H2,2-3H3;2,7H,1,3-5H2;1H2,2-3H3. The molecule has 1 rings (SSSR count). The zero-order valence-electron chi connectivity index (χ0n) is 20.2. The van der Waals surface area contributed by atoms with E-state index in [9.17, 15) is 22.8 Å². The van der Waals surface area contributed by atoms with E-state index < -0.39 is 21.8 Å². The van der Waals surface area contributed by atoms with Gasteiger partial charge in [0, 0.05) is 30.2 Å². The van der Waals surface area contributed by atoms with Crippen LogP contribution in [0.25, 0.3) is 0 Å². The van der Waals surface area contributed by atoms with Crippen LogP contribution in [-0.4, -0.2) is 64.1 Å². The number of sulfone groups is 1. The van der Waals surface area contributed by atoms with E-state index in [4.69, 9.17) is 9.84 Å². The lowest BCUT2D eigenvalue weighted by Crippen LogP contribution is -2.15. The van der Waals surface area contributed by atoms with E-state index in [1.807, 2.05) is 6.92 Å². The Morgan fingerprint density at radius 2 is 1.50 bits per heavy atom. The van der Waals surface area contributed by atoms with E-state index in [0.717, 1.165) is 11.6 Å². The first-order valence-corrected chi connectivity index (χ1v) is 11.7. The number of rotatable bonds is 10. The summed E-state index contributed by atoms with van der Waals surface area (Å²) in [5, 5.41) is 8.23. The molecule has 0 aromatic heterocycles. The first-order chi connectivity index (χ1) is 15.8. The van der Waals surface area contributed by atoms with Crippen molar-refractivity contribution in [3.05, 3.63) is 66.8 Å². The third-order valence-corrected chi connectivity index (χ3v) is 5.26. The van der Waals surface area contributed by atoms with E-state index >= 15 is 0 Å². The summed E-state index contributed by atoms with van der Waals surface area (Å²) in [6, 6.07) is 6.55. The van der Waals surface area contributed by atoms with Gasteiger partial charge < -0.3 is 19.3 Å². The molecule has 0 aliphatic carbocycles. The van der Waals surface area contributed by atoms with Gasteiger partial charge in [-0.25, -0.2) is 22.8 Å². The lowest BCUT2D eigenvalue weighted by molar-refractivity contribution is -0.139. The van der Waals surface area contributed by atoms with Gasteiger partial charge in [0.25, 0.3) is 0 Å². The van der Waals surface area contributed by atoms with Gasteiger partial charge in [0.2, 0.25) is 0 Å². The number of esters is 3. The number of methoxy groups -OCH3 is 1. The van der Waals surface area contributed by atoms with Crippen LogP contribution in [0.2, 0.25) is 0 Å². The first kappa shape index (κ1) is 32.9. The van der Waals surface area contributed by atoms with Crippen molar-refractivity contribution >= 4 is 27.7 Å². The van der Waals surface area contributed by atoms with Gasteiger partial charge in [-0.3, -0.25) is 0 Å². The molecule has 0 aliphatic heterocycles. The number of aliphatic hydroxyl groups is 1. The second kappa shape index (κ2) is 18.2.